The van der Waals surface area contributed by atoms with E-state index < -0.39 is 0 Å². The number of aromatic hydroxyl groups is 2. The first-order valence-corrected chi connectivity index (χ1v) is 8.67. The summed E-state index contributed by atoms with van der Waals surface area (Å²) in [6.07, 6.45) is 1.20. The summed E-state index contributed by atoms with van der Waals surface area (Å²) in [7, 11) is 4.39. The van der Waals surface area contributed by atoms with Crippen molar-refractivity contribution in [1.82, 2.24) is 4.90 Å². The number of methoxy groups -OCH3 is 3. The molecule has 0 saturated heterocycles. The molecule has 2 aromatic rings. The third kappa shape index (κ3) is 2.45. The van der Waals surface area contributed by atoms with Gasteiger partial charge in [-0.05, 0) is 47.7 Å². The molecule has 2 N–H and O–H groups in total. The molecule has 2 aliphatic heterocycles. The number of benzene rings is 2. The molecule has 0 fully saturated rings. The van der Waals surface area contributed by atoms with Crippen LogP contribution in [0.3, 0.4) is 0 Å². The highest BCUT2D eigenvalue weighted by Crippen LogP contribution is 2.48. The Kier molecular flexibility index (Phi) is 4.02. The van der Waals surface area contributed by atoms with E-state index in [2.05, 4.69) is 0 Å². The van der Waals surface area contributed by atoms with Gasteiger partial charge in [-0.2, -0.15) is 0 Å². The average Bonchev–Trinajstić information content (AvgIpc) is 2.67. The number of nitrogens with zero attached hydrogens (tertiary/aromatic N) is 1. The molecule has 2 heterocycles. The van der Waals surface area contributed by atoms with Gasteiger partial charge >= 0.3 is 0 Å². The van der Waals surface area contributed by atoms with E-state index in [1.807, 2.05) is 6.07 Å². The second-order valence-electron chi connectivity index (χ2n) is 6.69. The van der Waals surface area contributed by atoms with Crippen molar-refractivity contribution in [3.05, 3.63) is 40.5 Å². The highest BCUT2D eigenvalue weighted by atomic mass is 16.5. The Morgan fingerprint density at radius 3 is 2.37 bits per heavy atom. The molecule has 0 spiro atoms. The summed E-state index contributed by atoms with van der Waals surface area (Å²) in [5, 5.41) is 20.6. The molecule has 0 aliphatic carbocycles. The average molecular weight is 371 g/mol. The van der Waals surface area contributed by atoms with E-state index in [4.69, 9.17) is 14.2 Å². The molecule has 1 atom stereocenters. The van der Waals surface area contributed by atoms with Gasteiger partial charge in [0, 0.05) is 6.54 Å². The quantitative estimate of drug-likeness (QED) is 0.862. The Hall–Kier alpha value is -3.09. The van der Waals surface area contributed by atoms with Crippen molar-refractivity contribution in [2.75, 3.05) is 27.9 Å². The van der Waals surface area contributed by atoms with Gasteiger partial charge in [0.2, 0.25) is 5.75 Å². The third-order valence-corrected chi connectivity index (χ3v) is 5.41. The summed E-state index contributed by atoms with van der Waals surface area (Å²) in [4.78, 5) is 15.0. The van der Waals surface area contributed by atoms with E-state index in [9.17, 15) is 15.0 Å². The number of phenolic OH excluding ortho intramolecular Hbond substituents is 2. The smallest absolute Gasteiger partial charge is 0.258 e. The maximum absolute atomic E-state index is 13.2. The van der Waals surface area contributed by atoms with Gasteiger partial charge in [-0.25, -0.2) is 0 Å². The van der Waals surface area contributed by atoms with Crippen molar-refractivity contribution in [3.63, 3.8) is 0 Å². The Morgan fingerprint density at radius 1 is 1.00 bits per heavy atom. The van der Waals surface area contributed by atoms with Crippen LogP contribution in [0.2, 0.25) is 0 Å². The van der Waals surface area contributed by atoms with Crippen molar-refractivity contribution in [1.29, 1.82) is 0 Å². The van der Waals surface area contributed by atoms with E-state index >= 15 is 0 Å². The van der Waals surface area contributed by atoms with Gasteiger partial charge in [0.15, 0.2) is 23.0 Å². The number of carbonyl (C=O) groups is 1. The Bertz CT molecular complexity index is 939. The van der Waals surface area contributed by atoms with Crippen LogP contribution < -0.4 is 14.2 Å². The van der Waals surface area contributed by atoms with Crippen LogP contribution >= 0.6 is 0 Å². The zero-order chi connectivity index (χ0) is 19.3. The van der Waals surface area contributed by atoms with Crippen LogP contribution in [0.15, 0.2) is 18.2 Å². The summed E-state index contributed by atoms with van der Waals surface area (Å²) in [5.74, 6) is 0.509. The van der Waals surface area contributed by atoms with Crippen molar-refractivity contribution >= 4 is 5.91 Å². The van der Waals surface area contributed by atoms with E-state index in [1.54, 1.807) is 17.0 Å². The van der Waals surface area contributed by atoms with Crippen LogP contribution in [-0.2, 0) is 12.8 Å². The first-order valence-electron chi connectivity index (χ1n) is 8.67. The number of ether oxygens (including phenoxy) is 3. The van der Waals surface area contributed by atoms with E-state index in [0.29, 0.717) is 30.7 Å². The van der Waals surface area contributed by atoms with E-state index in [1.165, 1.54) is 21.3 Å². The molecule has 2 aliphatic rings. The fraction of sp³-hybridized carbons (Fsp3) is 0.350. The van der Waals surface area contributed by atoms with Crippen molar-refractivity contribution < 1.29 is 29.2 Å². The number of fused-ring (bicyclic) bond motifs is 4. The van der Waals surface area contributed by atoms with Gasteiger partial charge in [0.05, 0.1) is 32.9 Å². The highest BCUT2D eigenvalue weighted by Gasteiger charge is 2.40. The fourth-order valence-electron chi connectivity index (χ4n) is 4.12. The predicted molar refractivity (Wildman–Crippen MR) is 97.1 cm³/mol. The molecule has 7 heteroatoms. The number of carbonyl (C=O) groups excluding carboxylic acids is 1. The lowest BCUT2D eigenvalue weighted by atomic mass is 9.83. The van der Waals surface area contributed by atoms with Gasteiger partial charge in [0.1, 0.15) is 0 Å². The van der Waals surface area contributed by atoms with Crippen molar-refractivity contribution in [2.45, 2.75) is 18.9 Å². The maximum atomic E-state index is 13.2. The molecule has 0 radical (unpaired) electrons. The maximum Gasteiger partial charge on any atom is 0.258 e. The number of phenols is 2. The van der Waals surface area contributed by atoms with Crippen molar-refractivity contribution in [2.24, 2.45) is 0 Å². The number of amides is 1. The molecule has 0 aromatic heterocycles. The molecule has 0 unspecified atom stereocenters. The molecular weight excluding hydrogens is 350 g/mol. The summed E-state index contributed by atoms with van der Waals surface area (Å²) in [5.41, 5.74) is 3.08. The summed E-state index contributed by atoms with van der Waals surface area (Å²) in [6.45, 7) is 0.541. The molecule has 7 nitrogen and oxygen atoms in total. The molecule has 4 rings (SSSR count). The second-order valence-corrected chi connectivity index (χ2v) is 6.69. The highest BCUT2D eigenvalue weighted by molar-refractivity contribution is 6.01. The number of hydrogen-bond donors (Lipinski definition) is 2. The van der Waals surface area contributed by atoms with Crippen LogP contribution in [0, 0.1) is 0 Å². The molecule has 0 bridgehead atoms. The zero-order valence-corrected chi connectivity index (χ0v) is 15.4. The lowest BCUT2D eigenvalue weighted by Crippen LogP contribution is -2.44. The fourth-order valence-corrected chi connectivity index (χ4v) is 4.12. The Labute approximate surface area is 156 Å². The topological polar surface area (TPSA) is 88.5 Å². The molecule has 27 heavy (non-hydrogen) atoms. The second kappa shape index (κ2) is 6.26. The number of hydrogen-bond acceptors (Lipinski definition) is 6. The molecular formula is C20H21NO6. The minimum atomic E-state index is -0.204. The van der Waals surface area contributed by atoms with Crippen LogP contribution in [0.5, 0.6) is 28.7 Å². The molecule has 1 amide bonds. The summed E-state index contributed by atoms with van der Waals surface area (Å²) >= 11 is 0. The number of rotatable bonds is 3. The van der Waals surface area contributed by atoms with E-state index in [-0.39, 0.29) is 34.9 Å². The van der Waals surface area contributed by atoms with Crippen molar-refractivity contribution in [3.8, 4) is 28.7 Å². The summed E-state index contributed by atoms with van der Waals surface area (Å²) in [6, 6.07) is 4.99. The van der Waals surface area contributed by atoms with Gasteiger partial charge in [-0.3, -0.25) is 4.79 Å². The molecule has 2 aromatic carbocycles. The van der Waals surface area contributed by atoms with Crippen LogP contribution in [0.1, 0.15) is 33.1 Å². The van der Waals surface area contributed by atoms with Crippen LogP contribution in [-0.4, -0.2) is 48.9 Å². The molecule has 0 saturated carbocycles. The SMILES string of the molecule is COc1cc2c(cc1O)[C@@H]1Cc3cc(OC)c(O)c(OC)c3C(=O)N1CC2. The monoisotopic (exact) mass is 371 g/mol. The van der Waals surface area contributed by atoms with Gasteiger partial charge in [-0.1, -0.05) is 0 Å². The third-order valence-electron chi connectivity index (χ3n) is 5.41. The largest absolute Gasteiger partial charge is 0.504 e. The van der Waals surface area contributed by atoms with E-state index in [0.717, 1.165) is 16.7 Å². The van der Waals surface area contributed by atoms with Crippen LogP contribution in [0.4, 0.5) is 0 Å². The van der Waals surface area contributed by atoms with Gasteiger partial charge in [0.25, 0.3) is 5.91 Å². The minimum absolute atomic E-state index is 0.0530. The van der Waals surface area contributed by atoms with Gasteiger partial charge < -0.3 is 29.3 Å². The zero-order valence-electron chi connectivity index (χ0n) is 15.4. The molecule has 142 valence electrons. The first kappa shape index (κ1) is 17.3. The lowest BCUT2D eigenvalue weighted by Gasteiger charge is -2.41. The lowest BCUT2D eigenvalue weighted by molar-refractivity contribution is 0.0625. The Morgan fingerprint density at radius 2 is 1.70 bits per heavy atom. The van der Waals surface area contributed by atoms with Crippen LogP contribution in [0.25, 0.3) is 0 Å². The Balaban J connectivity index is 1.86. The standard InChI is InChI=1S/C20H21NO6/c1-25-15-7-10-4-5-21-13(12(10)9-14(15)22)6-11-8-16(26-2)18(23)19(27-3)17(11)20(21)24/h7-9,13,22-23H,4-6H2,1-3H3/t13-/m0/s1. The minimum Gasteiger partial charge on any atom is -0.504 e. The summed E-state index contributed by atoms with van der Waals surface area (Å²) < 4.78 is 15.8. The van der Waals surface area contributed by atoms with Gasteiger partial charge in [-0.15, -0.1) is 0 Å². The first-order chi connectivity index (χ1) is 13.0. The normalized spacial score (nSPS) is 17.7. The predicted octanol–water partition coefficient (Wildman–Crippen LogP) is 2.42.